The number of aliphatic hydroxyl groups is 1. The van der Waals surface area contributed by atoms with E-state index in [1.807, 2.05) is 6.07 Å². The van der Waals surface area contributed by atoms with Crippen LogP contribution in [0.3, 0.4) is 0 Å². The number of carbonyl (C=O) groups is 2. The Morgan fingerprint density at radius 3 is 2.19 bits per heavy atom. The van der Waals surface area contributed by atoms with Gasteiger partial charge in [-0.2, -0.15) is 5.26 Å². The minimum atomic E-state index is -0.959. The van der Waals surface area contributed by atoms with Gasteiger partial charge in [0.25, 0.3) is 11.7 Å². The van der Waals surface area contributed by atoms with Gasteiger partial charge < -0.3 is 19.3 Å². The fraction of sp³-hybridized carbons (Fsp3) is 0.179. The minimum absolute atomic E-state index is 0.0650. The molecule has 1 atom stereocenters. The SMILES string of the molecule is COc1ccc(/C(O)=C2\C(=O)C(=O)N(c3ccc(C#N)cc3)C2c2ccc(OC)c(OC)c2)c(C)c1. The van der Waals surface area contributed by atoms with Gasteiger partial charge in [-0.15, -0.1) is 0 Å². The van der Waals surface area contributed by atoms with Gasteiger partial charge in [0, 0.05) is 11.3 Å². The van der Waals surface area contributed by atoms with Crippen LogP contribution in [-0.4, -0.2) is 38.1 Å². The molecule has 1 unspecified atom stereocenters. The number of amides is 1. The Kier molecular flexibility index (Phi) is 6.66. The van der Waals surface area contributed by atoms with E-state index in [0.29, 0.717) is 45.2 Å². The lowest BCUT2D eigenvalue weighted by molar-refractivity contribution is -0.132. The van der Waals surface area contributed by atoms with Crippen LogP contribution in [0.5, 0.6) is 17.2 Å². The molecule has 36 heavy (non-hydrogen) atoms. The van der Waals surface area contributed by atoms with E-state index in [-0.39, 0.29) is 11.3 Å². The first-order valence-electron chi connectivity index (χ1n) is 11.0. The lowest BCUT2D eigenvalue weighted by Crippen LogP contribution is -2.29. The Hall–Kier alpha value is -4.77. The number of nitrogens with zero attached hydrogens (tertiary/aromatic N) is 2. The molecule has 0 bridgehead atoms. The normalized spacial score (nSPS) is 16.5. The van der Waals surface area contributed by atoms with Crippen LogP contribution in [-0.2, 0) is 9.59 Å². The van der Waals surface area contributed by atoms with Gasteiger partial charge in [-0.1, -0.05) is 6.07 Å². The summed E-state index contributed by atoms with van der Waals surface area (Å²) in [5.74, 6) is -0.453. The highest BCUT2D eigenvalue weighted by molar-refractivity contribution is 6.51. The predicted molar refractivity (Wildman–Crippen MR) is 133 cm³/mol. The number of hydrogen-bond donors (Lipinski definition) is 1. The summed E-state index contributed by atoms with van der Waals surface area (Å²) in [7, 11) is 4.53. The minimum Gasteiger partial charge on any atom is -0.507 e. The number of hydrogen-bond acceptors (Lipinski definition) is 7. The molecule has 0 aromatic heterocycles. The number of aryl methyl sites for hydroxylation is 1. The van der Waals surface area contributed by atoms with Gasteiger partial charge in [0.2, 0.25) is 0 Å². The molecule has 8 nitrogen and oxygen atoms in total. The van der Waals surface area contributed by atoms with Crippen molar-refractivity contribution >= 4 is 23.1 Å². The van der Waals surface area contributed by atoms with Crippen LogP contribution in [0.1, 0.15) is 28.3 Å². The van der Waals surface area contributed by atoms with Crippen LogP contribution in [0.4, 0.5) is 5.69 Å². The summed E-state index contributed by atoms with van der Waals surface area (Å²) in [5, 5.41) is 20.6. The molecule has 1 fully saturated rings. The molecule has 1 aliphatic rings. The maximum atomic E-state index is 13.4. The lowest BCUT2D eigenvalue weighted by atomic mass is 9.93. The quantitative estimate of drug-likeness (QED) is 0.311. The van der Waals surface area contributed by atoms with Crippen molar-refractivity contribution in [3.05, 3.63) is 88.5 Å². The van der Waals surface area contributed by atoms with Crippen molar-refractivity contribution in [2.24, 2.45) is 0 Å². The fourth-order valence-electron chi connectivity index (χ4n) is 4.31. The molecule has 1 heterocycles. The highest BCUT2D eigenvalue weighted by Crippen LogP contribution is 2.44. The van der Waals surface area contributed by atoms with Crippen LogP contribution in [0.25, 0.3) is 5.76 Å². The Bertz CT molecular complexity index is 1420. The standard InChI is InChI=1S/C28H24N2O6/c1-16-13-20(34-2)10-11-21(16)26(31)24-25(18-7-12-22(35-3)23(14-18)36-4)30(28(33)27(24)32)19-8-5-17(15-29)6-9-19/h5-14,25,31H,1-4H3/b26-24+. The molecule has 0 spiro atoms. The molecule has 8 heteroatoms. The Morgan fingerprint density at radius 2 is 1.61 bits per heavy atom. The average Bonchev–Trinajstić information content (AvgIpc) is 3.17. The molecular weight excluding hydrogens is 460 g/mol. The highest BCUT2D eigenvalue weighted by atomic mass is 16.5. The van der Waals surface area contributed by atoms with Crippen LogP contribution < -0.4 is 19.1 Å². The zero-order valence-corrected chi connectivity index (χ0v) is 20.2. The van der Waals surface area contributed by atoms with Gasteiger partial charge in [0.05, 0.1) is 44.6 Å². The van der Waals surface area contributed by atoms with Gasteiger partial charge in [-0.05, 0) is 72.6 Å². The first kappa shape index (κ1) is 24.4. The number of Topliss-reactive ketones (excluding diaryl/α,β-unsaturated/α-hetero) is 1. The first-order chi connectivity index (χ1) is 17.3. The highest BCUT2D eigenvalue weighted by Gasteiger charge is 2.47. The first-order valence-corrected chi connectivity index (χ1v) is 11.0. The van der Waals surface area contributed by atoms with Crippen LogP contribution in [0.2, 0.25) is 0 Å². The summed E-state index contributed by atoms with van der Waals surface area (Å²) in [6, 6.07) is 17.5. The Balaban J connectivity index is 1.97. The number of nitriles is 1. The number of ketones is 1. The van der Waals surface area contributed by atoms with Crippen molar-refractivity contribution in [3.63, 3.8) is 0 Å². The fourth-order valence-corrected chi connectivity index (χ4v) is 4.31. The summed E-state index contributed by atoms with van der Waals surface area (Å²) in [6.45, 7) is 1.78. The van der Waals surface area contributed by atoms with E-state index >= 15 is 0 Å². The van der Waals surface area contributed by atoms with Crippen LogP contribution >= 0.6 is 0 Å². The number of rotatable bonds is 6. The number of benzene rings is 3. The number of ether oxygens (including phenoxy) is 3. The smallest absolute Gasteiger partial charge is 0.300 e. The van der Waals surface area contributed by atoms with Gasteiger partial charge in [0.15, 0.2) is 11.5 Å². The van der Waals surface area contributed by atoms with Gasteiger partial charge in [-0.25, -0.2) is 0 Å². The lowest BCUT2D eigenvalue weighted by Gasteiger charge is -2.26. The molecule has 0 radical (unpaired) electrons. The second-order valence-corrected chi connectivity index (χ2v) is 8.12. The maximum absolute atomic E-state index is 13.4. The third kappa shape index (κ3) is 4.12. The van der Waals surface area contributed by atoms with E-state index in [1.54, 1.807) is 67.6 Å². The van der Waals surface area contributed by atoms with Crippen molar-refractivity contribution < 1.29 is 28.9 Å². The second kappa shape index (κ2) is 9.84. The summed E-state index contributed by atoms with van der Waals surface area (Å²) in [5.41, 5.74) is 2.35. The third-order valence-corrected chi connectivity index (χ3v) is 6.13. The molecular formula is C28H24N2O6. The summed E-state index contributed by atoms with van der Waals surface area (Å²) in [4.78, 5) is 28.0. The van der Waals surface area contributed by atoms with E-state index in [4.69, 9.17) is 19.5 Å². The molecule has 1 saturated heterocycles. The second-order valence-electron chi connectivity index (χ2n) is 8.12. The predicted octanol–water partition coefficient (Wildman–Crippen LogP) is 4.52. The average molecular weight is 485 g/mol. The summed E-state index contributed by atoms with van der Waals surface area (Å²) < 4.78 is 16.0. The van der Waals surface area contributed by atoms with E-state index in [2.05, 4.69) is 0 Å². The monoisotopic (exact) mass is 484 g/mol. The van der Waals surface area contributed by atoms with Crippen LogP contribution in [0, 0.1) is 18.3 Å². The van der Waals surface area contributed by atoms with Crippen molar-refractivity contribution in [3.8, 4) is 23.3 Å². The van der Waals surface area contributed by atoms with Crippen molar-refractivity contribution in [1.82, 2.24) is 0 Å². The Morgan fingerprint density at radius 1 is 0.917 bits per heavy atom. The van der Waals surface area contributed by atoms with Gasteiger partial charge >= 0.3 is 0 Å². The number of methoxy groups -OCH3 is 3. The van der Waals surface area contributed by atoms with Crippen molar-refractivity contribution in [2.45, 2.75) is 13.0 Å². The molecule has 1 aliphatic heterocycles. The van der Waals surface area contributed by atoms with E-state index in [9.17, 15) is 14.7 Å². The summed E-state index contributed by atoms with van der Waals surface area (Å²) >= 11 is 0. The van der Waals surface area contributed by atoms with E-state index in [0.717, 1.165) is 0 Å². The Labute approximate surface area is 208 Å². The molecule has 4 rings (SSSR count). The van der Waals surface area contributed by atoms with Gasteiger partial charge in [0.1, 0.15) is 11.5 Å². The zero-order valence-electron chi connectivity index (χ0n) is 20.2. The molecule has 0 saturated carbocycles. The van der Waals surface area contributed by atoms with Crippen LogP contribution in [0.15, 0.2) is 66.2 Å². The van der Waals surface area contributed by atoms with E-state index in [1.165, 1.54) is 26.2 Å². The topological polar surface area (TPSA) is 109 Å². The molecule has 0 aliphatic carbocycles. The third-order valence-electron chi connectivity index (χ3n) is 6.13. The number of aliphatic hydroxyl groups excluding tert-OH is 1. The number of carbonyl (C=O) groups excluding carboxylic acids is 2. The molecule has 182 valence electrons. The van der Waals surface area contributed by atoms with Crippen molar-refractivity contribution in [1.29, 1.82) is 5.26 Å². The van der Waals surface area contributed by atoms with Crippen molar-refractivity contribution in [2.75, 3.05) is 26.2 Å². The molecule has 1 amide bonds. The molecule has 3 aromatic rings. The number of anilines is 1. The zero-order chi connectivity index (χ0) is 26.0. The van der Waals surface area contributed by atoms with E-state index < -0.39 is 17.7 Å². The molecule has 1 N–H and O–H groups in total. The largest absolute Gasteiger partial charge is 0.507 e. The molecule has 3 aromatic carbocycles. The maximum Gasteiger partial charge on any atom is 0.300 e. The summed E-state index contributed by atoms with van der Waals surface area (Å²) in [6.07, 6.45) is 0. The van der Waals surface area contributed by atoms with Gasteiger partial charge in [-0.3, -0.25) is 14.5 Å².